The van der Waals surface area contributed by atoms with Crippen LogP contribution in [0.25, 0.3) is 6.08 Å². The molecule has 0 amide bonds. The summed E-state index contributed by atoms with van der Waals surface area (Å²) in [5.41, 5.74) is 5.41. The summed E-state index contributed by atoms with van der Waals surface area (Å²) in [6.07, 6.45) is 0.0779. The van der Waals surface area contributed by atoms with Gasteiger partial charge in [-0.3, -0.25) is 4.57 Å². The lowest BCUT2D eigenvalue weighted by molar-refractivity contribution is -0.0549. The number of nitrogen functional groups attached to an aromatic ring is 1. The Balaban J connectivity index is 2.43. The van der Waals surface area contributed by atoms with E-state index in [-0.39, 0.29) is 5.82 Å². The monoisotopic (exact) mass is 283 g/mol. The Bertz CT molecular complexity index is 571. The molecule has 0 bridgehead atoms. The summed E-state index contributed by atoms with van der Waals surface area (Å²) in [5.74, 6) is 0.0658. The lowest BCUT2D eigenvalue weighted by Crippen LogP contribution is -2.36. The zero-order valence-corrected chi connectivity index (χ0v) is 10.9. The minimum atomic E-state index is -1.34. The molecule has 0 aliphatic carbocycles. The van der Waals surface area contributed by atoms with Gasteiger partial charge in [0.2, 0.25) is 0 Å². The first-order valence-electron chi connectivity index (χ1n) is 6.13. The fourth-order valence-electron chi connectivity index (χ4n) is 2.10. The van der Waals surface area contributed by atoms with Crippen LogP contribution in [0.15, 0.2) is 17.1 Å². The van der Waals surface area contributed by atoms with Gasteiger partial charge in [0.1, 0.15) is 24.1 Å². The summed E-state index contributed by atoms with van der Waals surface area (Å²) in [6, 6.07) is 0. The van der Waals surface area contributed by atoms with Gasteiger partial charge in [0, 0.05) is 11.8 Å². The predicted molar refractivity (Wildman–Crippen MR) is 70.6 cm³/mol. The van der Waals surface area contributed by atoms with Crippen LogP contribution in [0, 0.1) is 0 Å². The molecule has 1 aromatic heterocycles. The molecule has 2 heterocycles. The lowest BCUT2D eigenvalue weighted by atomic mass is 10.1. The molecule has 1 aliphatic heterocycles. The Labute approximate surface area is 114 Å². The van der Waals surface area contributed by atoms with E-state index in [0.29, 0.717) is 5.56 Å². The van der Waals surface area contributed by atoms with Gasteiger partial charge in [-0.15, -0.1) is 0 Å². The summed E-state index contributed by atoms with van der Waals surface area (Å²) >= 11 is 0. The number of hydrogen-bond acceptors (Lipinski definition) is 7. The van der Waals surface area contributed by atoms with Crippen molar-refractivity contribution < 1.29 is 20.1 Å². The van der Waals surface area contributed by atoms with Crippen molar-refractivity contribution in [2.45, 2.75) is 31.5 Å². The fraction of sp³-hybridized carbons (Fsp3) is 0.500. The molecule has 0 saturated carbocycles. The molecule has 1 fully saturated rings. The minimum Gasteiger partial charge on any atom is -0.394 e. The highest BCUT2D eigenvalue weighted by Gasteiger charge is 2.43. The van der Waals surface area contributed by atoms with Crippen LogP contribution in [-0.2, 0) is 4.74 Å². The van der Waals surface area contributed by atoms with Gasteiger partial charge in [0.15, 0.2) is 6.23 Å². The van der Waals surface area contributed by atoms with Crippen molar-refractivity contribution in [3.63, 3.8) is 0 Å². The number of hydrogen-bond donors (Lipinski definition) is 4. The Hall–Kier alpha value is -1.74. The van der Waals surface area contributed by atoms with Crippen LogP contribution in [0.5, 0.6) is 0 Å². The molecular formula is C12H17N3O5. The third kappa shape index (κ3) is 2.46. The first-order valence-corrected chi connectivity index (χ1v) is 6.13. The van der Waals surface area contributed by atoms with Gasteiger partial charge >= 0.3 is 5.69 Å². The van der Waals surface area contributed by atoms with E-state index in [0.717, 1.165) is 4.57 Å². The number of aliphatic hydroxyl groups is 3. The van der Waals surface area contributed by atoms with E-state index < -0.39 is 36.8 Å². The number of ether oxygens (including phenoxy) is 1. The van der Waals surface area contributed by atoms with Crippen molar-refractivity contribution >= 4 is 11.9 Å². The predicted octanol–water partition coefficient (Wildman–Crippen LogP) is -1.53. The second-order valence-electron chi connectivity index (χ2n) is 4.50. The maximum Gasteiger partial charge on any atom is 0.351 e. The molecular weight excluding hydrogens is 266 g/mol. The molecule has 0 radical (unpaired) electrons. The van der Waals surface area contributed by atoms with E-state index >= 15 is 0 Å². The molecule has 20 heavy (non-hydrogen) atoms. The van der Waals surface area contributed by atoms with Crippen LogP contribution >= 0.6 is 0 Å². The Kier molecular flexibility index (Phi) is 4.19. The molecule has 1 saturated heterocycles. The molecule has 2 rings (SSSR count). The molecule has 0 unspecified atom stereocenters. The highest BCUT2D eigenvalue weighted by molar-refractivity contribution is 5.59. The number of aliphatic hydroxyl groups excluding tert-OH is 3. The largest absolute Gasteiger partial charge is 0.394 e. The van der Waals surface area contributed by atoms with Crippen molar-refractivity contribution in [1.29, 1.82) is 0 Å². The quantitative estimate of drug-likeness (QED) is 0.529. The SMILES string of the molecule is CC=Cc1cn([C@@H]2O[C@H](CO)[C@@H](O)[C@@H]2O)c(=O)nc1N. The normalized spacial score (nSPS) is 30.2. The highest BCUT2D eigenvalue weighted by atomic mass is 16.6. The standard InChI is InChI=1S/C12H17N3O5/c1-2-3-6-4-15(12(19)14-10(6)13)11-9(18)8(17)7(5-16)20-11/h2-4,7-9,11,16-18H,5H2,1H3,(H2,13,14,19)/t7-,8-,9+,11-/m1/s1. The summed E-state index contributed by atoms with van der Waals surface area (Å²) in [6.45, 7) is 1.31. The third-order valence-corrected chi connectivity index (χ3v) is 3.15. The molecule has 4 atom stereocenters. The first kappa shape index (κ1) is 14.7. The summed E-state index contributed by atoms with van der Waals surface area (Å²) in [4.78, 5) is 15.5. The van der Waals surface area contributed by atoms with Crippen LogP contribution in [0.3, 0.4) is 0 Å². The van der Waals surface area contributed by atoms with Crippen molar-refractivity contribution in [2.24, 2.45) is 0 Å². The maximum absolute atomic E-state index is 11.8. The molecule has 0 spiro atoms. The fourth-order valence-corrected chi connectivity index (χ4v) is 2.10. The van der Waals surface area contributed by atoms with Crippen LogP contribution in [-0.4, -0.2) is 49.8 Å². The average molecular weight is 283 g/mol. The highest BCUT2D eigenvalue weighted by Crippen LogP contribution is 2.28. The van der Waals surface area contributed by atoms with Gasteiger partial charge in [-0.2, -0.15) is 4.98 Å². The maximum atomic E-state index is 11.8. The molecule has 110 valence electrons. The van der Waals surface area contributed by atoms with Gasteiger partial charge in [-0.1, -0.05) is 12.2 Å². The minimum absolute atomic E-state index is 0.0658. The molecule has 0 aromatic carbocycles. The van der Waals surface area contributed by atoms with E-state index in [4.69, 9.17) is 15.6 Å². The average Bonchev–Trinajstić information content (AvgIpc) is 2.70. The number of allylic oxidation sites excluding steroid dienone is 1. The third-order valence-electron chi connectivity index (χ3n) is 3.15. The topological polar surface area (TPSA) is 131 Å². The van der Waals surface area contributed by atoms with Crippen molar-refractivity contribution in [3.05, 3.63) is 28.3 Å². The van der Waals surface area contributed by atoms with Gasteiger partial charge in [-0.25, -0.2) is 4.79 Å². The van der Waals surface area contributed by atoms with E-state index in [9.17, 15) is 15.0 Å². The van der Waals surface area contributed by atoms with Crippen LogP contribution in [0.4, 0.5) is 5.82 Å². The Morgan fingerprint density at radius 3 is 2.75 bits per heavy atom. The molecule has 8 nitrogen and oxygen atoms in total. The van der Waals surface area contributed by atoms with Crippen molar-refractivity contribution in [1.82, 2.24) is 9.55 Å². The molecule has 1 aliphatic rings. The zero-order valence-electron chi connectivity index (χ0n) is 10.9. The number of nitrogens with zero attached hydrogens (tertiary/aromatic N) is 2. The first-order chi connectivity index (χ1) is 9.49. The molecule has 5 N–H and O–H groups in total. The van der Waals surface area contributed by atoms with Crippen LogP contribution in [0.2, 0.25) is 0 Å². The molecule has 8 heteroatoms. The summed E-state index contributed by atoms with van der Waals surface area (Å²) in [5, 5.41) is 28.6. The van der Waals surface area contributed by atoms with Crippen molar-refractivity contribution in [3.8, 4) is 0 Å². The number of rotatable bonds is 3. The van der Waals surface area contributed by atoms with Crippen molar-refractivity contribution in [2.75, 3.05) is 12.3 Å². The van der Waals surface area contributed by atoms with E-state index in [2.05, 4.69) is 4.98 Å². The second-order valence-corrected chi connectivity index (χ2v) is 4.50. The zero-order chi connectivity index (χ0) is 14.9. The molecule has 1 aromatic rings. The Morgan fingerprint density at radius 2 is 2.20 bits per heavy atom. The Morgan fingerprint density at radius 1 is 1.50 bits per heavy atom. The van der Waals surface area contributed by atoms with E-state index in [1.807, 2.05) is 0 Å². The number of anilines is 1. The summed E-state index contributed by atoms with van der Waals surface area (Å²) in [7, 11) is 0. The van der Waals surface area contributed by atoms with E-state index in [1.54, 1.807) is 19.1 Å². The number of aromatic nitrogens is 2. The van der Waals surface area contributed by atoms with Gasteiger partial charge in [0.05, 0.1) is 6.61 Å². The lowest BCUT2D eigenvalue weighted by Gasteiger charge is -2.18. The van der Waals surface area contributed by atoms with Gasteiger partial charge in [0.25, 0.3) is 0 Å². The van der Waals surface area contributed by atoms with Gasteiger partial charge < -0.3 is 25.8 Å². The smallest absolute Gasteiger partial charge is 0.351 e. The van der Waals surface area contributed by atoms with Crippen LogP contribution < -0.4 is 11.4 Å². The van der Waals surface area contributed by atoms with Gasteiger partial charge in [-0.05, 0) is 6.92 Å². The summed E-state index contributed by atoms with van der Waals surface area (Å²) < 4.78 is 6.33. The number of nitrogens with two attached hydrogens (primary N) is 1. The second kappa shape index (κ2) is 5.71. The van der Waals surface area contributed by atoms with E-state index in [1.165, 1.54) is 6.20 Å². The van der Waals surface area contributed by atoms with Crippen LogP contribution in [0.1, 0.15) is 18.7 Å².